The minimum atomic E-state index is -4.67. The van der Waals surface area contributed by atoms with E-state index in [9.17, 15) is 26.4 Å². The van der Waals surface area contributed by atoms with E-state index in [1.54, 1.807) is 18.2 Å². The van der Waals surface area contributed by atoms with E-state index < -0.39 is 38.6 Å². The summed E-state index contributed by atoms with van der Waals surface area (Å²) in [5.74, 6) is -0.983. The molecule has 11 heteroatoms. The van der Waals surface area contributed by atoms with Crippen LogP contribution in [0.15, 0.2) is 41.3 Å². The summed E-state index contributed by atoms with van der Waals surface area (Å²) in [5, 5.41) is 1.99. The second-order valence-corrected chi connectivity index (χ2v) is 10.8. The molecule has 186 valence electrons. The van der Waals surface area contributed by atoms with E-state index in [1.165, 1.54) is 17.5 Å². The van der Waals surface area contributed by atoms with Gasteiger partial charge in [-0.05, 0) is 54.7 Å². The summed E-state index contributed by atoms with van der Waals surface area (Å²) >= 11 is 5.63. The molecule has 0 radical (unpaired) electrons. The van der Waals surface area contributed by atoms with E-state index >= 15 is 0 Å². The number of hydrogen-bond acceptors (Lipinski definition) is 4. The van der Waals surface area contributed by atoms with E-state index in [1.807, 2.05) is 13.8 Å². The number of carbonyl (C=O) groups is 1. The van der Waals surface area contributed by atoms with Gasteiger partial charge in [-0.2, -0.15) is 17.5 Å². The van der Waals surface area contributed by atoms with Crippen molar-refractivity contribution in [3.05, 3.63) is 52.5 Å². The summed E-state index contributed by atoms with van der Waals surface area (Å²) in [6, 6.07) is 8.08. The number of amides is 1. The van der Waals surface area contributed by atoms with Crippen LogP contribution >= 0.6 is 11.6 Å². The normalized spacial score (nSPS) is 17.6. The Hall–Kier alpha value is -2.30. The molecule has 1 aliphatic rings. The molecule has 3 rings (SSSR count). The van der Waals surface area contributed by atoms with Crippen molar-refractivity contribution in [2.45, 2.75) is 43.7 Å². The number of rotatable bonds is 6. The molecule has 0 unspecified atom stereocenters. The maximum Gasteiger partial charge on any atom is 0.417 e. The van der Waals surface area contributed by atoms with Gasteiger partial charge in [0.2, 0.25) is 15.9 Å². The van der Waals surface area contributed by atoms with Gasteiger partial charge in [-0.1, -0.05) is 31.5 Å². The highest BCUT2D eigenvalue weighted by molar-refractivity contribution is 7.89. The van der Waals surface area contributed by atoms with Gasteiger partial charge >= 0.3 is 6.18 Å². The van der Waals surface area contributed by atoms with Gasteiger partial charge in [0.25, 0.3) is 0 Å². The summed E-state index contributed by atoms with van der Waals surface area (Å²) in [5.41, 5.74) is -0.293. The number of methoxy groups -OCH3 is 1. The summed E-state index contributed by atoms with van der Waals surface area (Å²) in [6.07, 6.45) is -3.84. The number of carbonyl (C=O) groups excluding carboxylic acids is 1. The number of anilines is 1. The van der Waals surface area contributed by atoms with Crippen LogP contribution in [0.4, 0.5) is 18.9 Å². The molecule has 0 saturated carbocycles. The molecule has 1 saturated heterocycles. The molecule has 2 aromatic carbocycles. The number of sulfonamides is 1. The molecule has 1 aliphatic heterocycles. The molecular formula is C23H26ClF3N2O4S. The first-order valence-corrected chi connectivity index (χ1v) is 12.5. The monoisotopic (exact) mass is 518 g/mol. The molecule has 1 amide bonds. The third-order valence-electron chi connectivity index (χ3n) is 5.77. The zero-order valence-corrected chi connectivity index (χ0v) is 20.5. The fourth-order valence-electron chi connectivity index (χ4n) is 3.83. The van der Waals surface area contributed by atoms with Crippen LogP contribution in [0.3, 0.4) is 0 Å². The van der Waals surface area contributed by atoms with E-state index in [4.69, 9.17) is 16.3 Å². The summed E-state index contributed by atoms with van der Waals surface area (Å²) < 4.78 is 72.7. The third kappa shape index (κ3) is 5.67. The van der Waals surface area contributed by atoms with Gasteiger partial charge in [0.05, 0.1) is 23.6 Å². The largest absolute Gasteiger partial charge is 0.495 e. The Morgan fingerprint density at radius 2 is 1.91 bits per heavy atom. The maximum atomic E-state index is 13.4. The van der Waals surface area contributed by atoms with Gasteiger partial charge < -0.3 is 10.1 Å². The minimum absolute atomic E-state index is 0.0229. The van der Waals surface area contributed by atoms with Gasteiger partial charge in [-0.3, -0.25) is 4.79 Å². The van der Waals surface area contributed by atoms with Crippen LogP contribution in [0.2, 0.25) is 5.02 Å². The fourth-order valence-corrected chi connectivity index (χ4v) is 5.77. The van der Waals surface area contributed by atoms with Crippen molar-refractivity contribution in [2.24, 2.45) is 5.92 Å². The Bertz CT molecular complexity index is 1170. The number of halogens is 4. The number of hydrogen-bond donors (Lipinski definition) is 1. The zero-order valence-electron chi connectivity index (χ0n) is 18.9. The second kappa shape index (κ2) is 10.1. The van der Waals surface area contributed by atoms with E-state index in [0.717, 1.165) is 17.7 Å². The molecule has 6 nitrogen and oxygen atoms in total. The molecule has 0 aliphatic carbocycles. The molecular weight excluding hydrogens is 493 g/mol. The van der Waals surface area contributed by atoms with Crippen LogP contribution in [0.5, 0.6) is 5.75 Å². The predicted octanol–water partition coefficient (Wildman–Crippen LogP) is 5.53. The van der Waals surface area contributed by atoms with Crippen LogP contribution in [-0.2, 0) is 21.0 Å². The molecule has 0 spiro atoms. The second-order valence-electron chi connectivity index (χ2n) is 8.45. The summed E-state index contributed by atoms with van der Waals surface area (Å²) in [7, 11) is -2.58. The molecule has 34 heavy (non-hydrogen) atoms. The molecule has 1 atom stereocenters. The maximum absolute atomic E-state index is 13.4. The first-order valence-electron chi connectivity index (χ1n) is 10.7. The van der Waals surface area contributed by atoms with Crippen LogP contribution < -0.4 is 10.1 Å². The smallest absolute Gasteiger partial charge is 0.417 e. The number of ether oxygens (including phenoxy) is 1. The first-order chi connectivity index (χ1) is 15.8. The number of benzene rings is 2. The quantitative estimate of drug-likeness (QED) is 0.545. The van der Waals surface area contributed by atoms with Crippen LogP contribution in [-0.4, -0.2) is 38.8 Å². The predicted molar refractivity (Wildman–Crippen MR) is 124 cm³/mol. The van der Waals surface area contributed by atoms with Gasteiger partial charge in [-0.25, -0.2) is 8.42 Å². The fraction of sp³-hybridized carbons (Fsp3) is 0.435. The highest BCUT2D eigenvalue weighted by atomic mass is 35.5. The zero-order chi connectivity index (χ0) is 25.3. The van der Waals surface area contributed by atoms with E-state index in [-0.39, 0.29) is 35.3 Å². The Morgan fingerprint density at radius 1 is 1.21 bits per heavy atom. The van der Waals surface area contributed by atoms with Gasteiger partial charge in [-0.15, -0.1) is 0 Å². The number of piperidine rings is 1. The SMILES string of the molecule is COc1ccc(C(C)C)cc1S(=O)(=O)N1CCC[C@H](C(=O)Nc2ccc(Cl)c(C(F)(F)F)c2)C1. The van der Waals surface area contributed by atoms with E-state index in [2.05, 4.69) is 5.32 Å². The molecule has 2 aromatic rings. The van der Waals surface area contributed by atoms with Crippen molar-refractivity contribution in [1.82, 2.24) is 4.31 Å². The van der Waals surface area contributed by atoms with Crippen molar-refractivity contribution < 1.29 is 31.1 Å². The lowest BCUT2D eigenvalue weighted by Gasteiger charge is -2.31. The van der Waals surface area contributed by atoms with E-state index in [0.29, 0.717) is 12.8 Å². The van der Waals surface area contributed by atoms with Crippen molar-refractivity contribution in [2.75, 3.05) is 25.5 Å². The van der Waals surface area contributed by atoms with Crippen molar-refractivity contribution >= 4 is 33.2 Å². The molecule has 1 heterocycles. The summed E-state index contributed by atoms with van der Waals surface area (Å²) in [6.45, 7) is 4.02. The van der Waals surface area contributed by atoms with Crippen molar-refractivity contribution in [3.63, 3.8) is 0 Å². The Kier molecular flexibility index (Phi) is 7.84. The van der Waals surface area contributed by atoms with Gasteiger partial charge in [0.15, 0.2) is 0 Å². The summed E-state index contributed by atoms with van der Waals surface area (Å²) in [4.78, 5) is 12.8. The molecule has 1 N–H and O–H groups in total. The Balaban J connectivity index is 1.82. The Labute approximate surface area is 202 Å². The number of nitrogens with zero attached hydrogens (tertiary/aromatic N) is 1. The molecule has 0 bridgehead atoms. The third-order valence-corrected chi connectivity index (χ3v) is 7.98. The van der Waals surface area contributed by atoms with Crippen LogP contribution in [0.1, 0.15) is 43.7 Å². The van der Waals surface area contributed by atoms with Gasteiger partial charge in [0.1, 0.15) is 10.6 Å². The average Bonchev–Trinajstić information content (AvgIpc) is 2.79. The average molecular weight is 519 g/mol. The lowest BCUT2D eigenvalue weighted by Crippen LogP contribution is -2.43. The highest BCUT2D eigenvalue weighted by Crippen LogP contribution is 2.37. The molecule has 0 aromatic heterocycles. The van der Waals surface area contributed by atoms with Crippen LogP contribution in [0.25, 0.3) is 0 Å². The van der Waals surface area contributed by atoms with Crippen LogP contribution in [0, 0.1) is 5.92 Å². The molecule has 1 fully saturated rings. The first kappa shape index (κ1) is 26.3. The standard InChI is InChI=1S/C23H26ClF3N2O4S/c1-14(2)15-6-9-20(33-3)21(11-15)34(31,32)29-10-4-5-16(13-29)22(30)28-17-7-8-19(24)18(12-17)23(25,26)27/h6-9,11-12,14,16H,4-5,10,13H2,1-3H3,(H,28,30)/t16-/m0/s1. The minimum Gasteiger partial charge on any atom is -0.495 e. The highest BCUT2D eigenvalue weighted by Gasteiger charge is 2.36. The topological polar surface area (TPSA) is 75.7 Å². The lowest BCUT2D eigenvalue weighted by atomic mass is 9.98. The van der Waals surface area contributed by atoms with Gasteiger partial charge in [0, 0.05) is 18.8 Å². The lowest BCUT2D eigenvalue weighted by molar-refractivity contribution is -0.137. The number of alkyl halides is 3. The van der Waals surface area contributed by atoms with Crippen molar-refractivity contribution in [1.29, 1.82) is 0 Å². The Morgan fingerprint density at radius 3 is 2.53 bits per heavy atom. The van der Waals surface area contributed by atoms with Crippen molar-refractivity contribution in [3.8, 4) is 5.75 Å². The number of nitrogens with one attached hydrogen (secondary N) is 1.